The van der Waals surface area contributed by atoms with Crippen LogP contribution in [0.5, 0.6) is 0 Å². The first-order valence-electron chi connectivity index (χ1n) is 5.13. The molecule has 0 saturated carbocycles. The molecule has 0 saturated heterocycles. The Balaban J connectivity index is 2.04. The van der Waals surface area contributed by atoms with Gasteiger partial charge in [-0.3, -0.25) is 9.59 Å². The number of nitrogens with zero attached hydrogens (tertiary/aromatic N) is 2. The van der Waals surface area contributed by atoms with Gasteiger partial charge in [0, 0.05) is 18.0 Å². The Morgan fingerprint density at radius 1 is 1.18 bits per heavy atom. The quantitative estimate of drug-likeness (QED) is 0.849. The van der Waals surface area contributed by atoms with Crippen molar-refractivity contribution in [2.24, 2.45) is 0 Å². The molecule has 1 heterocycles. The first kappa shape index (κ1) is 11.1. The lowest BCUT2D eigenvalue weighted by Gasteiger charge is -2.05. The smallest absolute Gasteiger partial charge is 0.267 e. The molecule has 5 nitrogen and oxygen atoms in total. The van der Waals surface area contributed by atoms with Crippen LogP contribution in [-0.4, -0.2) is 15.7 Å². The Bertz CT molecular complexity index is 563. The highest BCUT2D eigenvalue weighted by Gasteiger charge is 2.04. The molecule has 1 amide bonds. The topological polar surface area (TPSA) is 64.0 Å². The van der Waals surface area contributed by atoms with Gasteiger partial charge < -0.3 is 5.32 Å². The second kappa shape index (κ2) is 5.07. The summed E-state index contributed by atoms with van der Waals surface area (Å²) < 4.78 is 1.11. The Kier molecular flexibility index (Phi) is 3.30. The molecule has 17 heavy (non-hydrogen) atoms. The van der Waals surface area contributed by atoms with E-state index in [9.17, 15) is 9.59 Å². The largest absolute Gasteiger partial charge is 0.324 e. The molecule has 0 spiro atoms. The number of hydrogen-bond donors (Lipinski definition) is 1. The van der Waals surface area contributed by atoms with E-state index in [4.69, 9.17) is 0 Å². The van der Waals surface area contributed by atoms with Crippen molar-refractivity contribution in [1.29, 1.82) is 0 Å². The van der Waals surface area contributed by atoms with Crippen molar-refractivity contribution in [2.75, 3.05) is 5.32 Å². The fraction of sp³-hybridized carbons (Fsp3) is 0.0833. The summed E-state index contributed by atoms with van der Waals surface area (Å²) in [6.45, 7) is -0.0887. The molecule has 0 aliphatic heterocycles. The third-order valence-electron chi connectivity index (χ3n) is 2.14. The van der Waals surface area contributed by atoms with E-state index in [-0.39, 0.29) is 18.0 Å². The second-order valence-electron chi connectivity index (χ2n) is 3.43. The van der Waals surface area contributed by atoms with Crippen LogP contribution in [0, 0.1) is 0 Å². The SMILES string of the molecule is O=C(Cn1ncccc1=O)Nc1ccccc1. The number of hydrogen-bond acceptors (Lipinski definition) is 3. The molecule has 1 N–H and O–H groups in total. The summed E-state index contributed by atoms with van der Waals surface area (Å²) in [4.78, 5) is 23.0. The molecule has 0 fully saturated rings. The van der Waals surface area contributed by atoms with Gasteiger partial charge in [-0.25, -0.2) is 4.68 Å². The number of carbonyl (C=O) groups excluding carboxylic acids is 1. The molecule has 0 aliphatic rings. The van der Waals surface area contributed by atoms with Crippen molar-refractivity contribution in [2.45, 2.75) is 6.54 Å². The number of amides is 1. The highest BCUT2D eigenvalue weighted by molar-refractivity contribution is 5.90. The molecular formula is C12H11N3O2. The number of anilines is 1. The normalized spacial score (nSPS) is 9.88. The molecule has 0 bridgehead atoms. The van der Waals surface area contributed by atoms with E-state index < -0.39 is 0 Å². The lowest BCUT2D eigenvalue weighted by atomic mass is 10.3. The number of nitrogens with one attached hydrogen (secondary N) is 1. The molecule has 5 heteroatoms. The standard InChI is InChI=1S/C12H11N3O2/c16-11(14-10-5-2-1-3-6-10)9-15-12(17)7-4-8-13-15/h1-8H,9H2,(H,14,16). The highest BCUT2D eigenvalue weighted by atomic mass is 16.2. The fourth-order valence-corrected chi connectivity index (χ4v) is 1.36. The molecule has 86 valence electrons. The third kappa shape index (κ3) is 3.01. The van der Waals surface area contributed by atoms with Gasteiger partial charge >= 0.3 is 0 Å². The maximum Gasteiger partial charge on any atom is 0.267 e. The van der Waals surface area contributed by atoms with Crippen molar-refractivity contribution < 1.29 is 4.79 Å². The van der Waals surface area contributed by atoms with Gasteiger partial charge in [0.05, 0.1) is 0 Å². The van der Waals surface area contributed by atoms with Crippen LogP contribution in [0.4, 0.5) is 5.69 Å². The van der Waals surface area contributed by atoms with Crippen molar-refractivity contribution in [1.82, 2.24) is 9.78 Å². The first-order valence-corrected chi connectivity index (χ1v) is 5.13. The molecular weight excluding hydrogens is 218 g/mol. The van der Waals surface area contributed by atoms with Gasteiger partial charge in [0.15, 0.2) is 0 Å². The van der Waals surface area contributed by atoms with Crippen LogP contribution in [0.3, 0.4) is 0 Å². The molecule has 1 aromatic heterocycles. The maximum atomic E-state index is 11.6. The van der Waals surface area contributed by atoms with E-state index in [2.05, 4.69) is 10.4 Å². The molecule has 2 aromatic rings. The average molecular weight is 229 g/mol. The maximum absolute atomic E-state index is 11.6. The highest BCUT2D eigenvalue weighted by Crippen LogP contribution is 2.04. The van der Waals surface area contributed by atoms with Gasteiger partial charge in [0.25, 0.3) is 5.56 Å². The Morgan fingerprint density at radius 3 is 2.65 bits per heavy atom. The predicted molar refractivity (Wildman–Crippen MR) is 63.6 cm³/mol. The molecule has 1 aromatic carbocycles. The van der Waals surface area contributed by atoms with E-state index in [0.29, 0.717) is 5.69 Å². The summed E-state index contributed by atoms with van der Waals surface area (Å²) >= 11 is 0. The predicted octanol–water partition coefficient (Wildman–Crippen LogP) is 0.882. The van der Waals surface area contributed by atoms with E-state index in [0.717, 1.165) is 4.68 Å². The Morgan fingerprint density at radius 2 is 1.94 bits per heavy atom. The summed E-state index contributed by atoms with van der Waals surface area (Å²) in [5, 5.41) is 6.48. The summed E-state index contributed by atoms with van der Waals surface area (Å²) in [5.41, 5.74) is 0.400. The zero-order valence-corrected chi connectivity index (χ0v) is 9.04. The van der Waals surface area contributed by atoms with Crippen LogP contribution in [0.1, 0.15) is 0 Å². The fourth-order valence-electron chi connectivity index (χ4n) is 1.36. The van der Waals surface area contributed by atoms with Crippen LogP contribution in [0.2, 0.25) is 0 Å². The van der Waals surface area contributed by atoms with Crippen LogP contribution >= 0.6 is 0 Å². The molecule has 0 radical (unpaired) electrons. The summed E-state index contributed by atoms with van der Waals surface area (Å²) in [5.74, 6) is -0.281. The zero-order chi connectivity index (χ0) is 12.1. The van der Waals surface area contributed by atoms with Gasteiger partial charge in [0.2, 0.25) is 5.91 Å². The number of benzene rings is 1. The van der Waals surface area contributed by atoms with Crippen LogP contribution in [0.15, 0.2) is 53.5 Å². The Labute approximate surface area is 97.7 Å². The minimum absolute atomic E-state index is 0.0887. The number of para-hydroxylation sites is 1. The monoisotopic (exact) mass is 229 g/mol. The second-order valence-corrected chi connectivity index (χ2v) is 3.43. The zero-order valence-electron chi connectivity index (χ0n) is 9.04. The summed E-state index contributed by atoms with van der Waals surface area (Å²) in [6.07, 6.45) is 1.47. The lowest BCUT2D eigenvalue weighted by Crippen LogP contribution is -2.28. The molecule has 0 unspecified atom stereocenters. The van der Waals surface area contributed by atoms with Crippen molar-refractivity contribution in [3.8, 4) is 0 Å². The van der Waals surface area contributed by atoms with Crippen LogP contribution in [0.25, 0.3) is 0 Å². The number of rotatable bonds is 3. The van der Waals surface area contributed by atoms with E-state index in [1.54, 1.807) is 12.1 Å². The lowest BCUT2D eigenvalue weighted by molar-refractivity contribution is -0.117. The van der Waals surface area contributed by atoms with Gasteiger partial charge in [-0.15, -0.1) is 0 Å². The van der Waals surface area contributed by atoms with Gasteiger partial charge in [-0.05, 0) is 18.2 Å². The molecule has 2 rings (SSSR count). The number of carbonyl (C=O) groups is 1. The van der Waals surface area contributed by atoms with Crippen LogP contribution in [-0.2, 0) is 11.3 Å². The minimum atomic E-state index is -0.296. The summed E-state index contributed by atoms with van der Waals surface area (Å²) in [7, 11) is 0. The van der Waals surface area contributed by atoms with E-state index >= 15 is 0 Å². The van der Waals surface area contributed by atoms with E-state index in [1.807, 2.05) is 18.2 Å². The minimum Gasteiger partial charge on any atom is -0.324 e. The van der Waals surface area contributed by atoms with E-state index in [1.165, 1.54) is 18.3 Å². The van der Waals surface area contributed by atoms with Crippen molar-refractivity contribution in [3.63, 3.8) is 0 Å². The third-order valence-corrected chi connectivity index (χ3v) is 2.14. The molecule has 0 aliphatic carbocycles. The van der Waals surface area contributed by atoms with Crippen molar-refractivity contribution >= 4 is 11.6 Å². The number of aromatic nitrogens is 2. The van der Waals surface area contributed by atoms with Gasteiger partial charge in [-0.2, -0.15) is 5.10 Å². The first-order chi connectivity index (χ1) is 8.25. The van der Waals surface area contributed by atoms with Crippen LogP contribution < -0.4 is 10.9 Å². The van der Waals surface area contributed by atoms with Gasteiger partial charge in [-0.1, -0.05) is 18.2 Å². The Hall–Kier alpha value is -2.43. The summed E-state index contributed by atoms with van der Waals surface area (Å²) in [6, 6.07) is 12.0. The molecule has 0 atom stereocenters. The van der Waals surface area contributed by atoms with Gasteiger partial charge in [0.1, 0.15) is 6.54 Å². The van der Waals surface area contributed by atoms with Crippen molar-refractivity contribution in [3.05, 3.63) is 59.0 Å². The average Bonchev–Trinajstić information content (AvgIpc) is 2.33.